The maximum atomic E-state index is 11.4. The van der Waals surface area contributed by atoms with E-state index in [9.17, 15) is 4.79 Å². The van der Waals surface area contributed by atoms with E-state index in [-0.39, 0.29) is 11.4 Å². The van der Waals surface area contributed by atoms with E-state index in [4.69, 9.17) is 9.47 Å². The van der Waals surface area contributed by atoms with Gasteiger partial charge in [0.15, 0.2) is 0 Å². The smallest absolute Gasteiger partial charge is 0.308 e. The lowest BCUT2D eigenvalue weighted by atomic mass is 9.71. The van der Waals surface area contributed by atoms with Crippen LogP contribution in [0.3, 0.4) is 0 Å². The van der Waals surface area contributed by atoms with Crippen molar-refractivity contribution in [2.24, 2.45) is 0 Å². The van der Waals surface area contributed by atoms with Crippen molar-refractivity contribution < 1.29 is 14.3 Å². The molecule has 0 saturated heterocycles. The Bertz CT molecular complexity index is 1020. The van der Waals surface area contributed by atoms with Crippen LogP contribution in [0.15, 0.2) is 66.7 Å². The number of benzene rings is 3. The maximum absolute atomic E-state index is 11.4. The number of carbonyl (C=O) groups excluding carboxylic acids is 1. The normalized spacial score (nSPS) is 12.8. The highest BCUT2D eigenvalue weighted by Gasteiger charge is 2.30. The number of aryl methyl sites for hydroxylation is 3. The molecule has 0 spiro atoms. The van der Waals surface area contributed by atoms with Gasteiger partial charge in [-0.25, -0.2) is 0 Å². The summed E-state index contributed by atoms with van der Waals surface area (Å²) >= 11 is 0. The molecule has 3 aromatic carbocycles. The van der Waals surface area contributed by atoms with Crippen molar-refractivity contribution in [2.45, 2.75) is 46.0 Å². The molecule has 1 atom stereocenters. The molecule has 0 saturated carbocycles. The first-order chi connectivity index (χ1) is 14.3. The van der Waals surface area contributed by atoms with E-state index in [1.165, 1.54) is 23.6 Å². The van der Waals surface area contributed by atoms with Crippen LogP contribution in [0.5, 0.6) is 11.5 Å². The summed E-state index contributed by atoms with van der Waals surface area (Å²) in [4.78, 5) is 11.4. The fourth-order valence-electron chi connectivity index (χ4n) is 3.98. The van der Waals surface area contributed by atoms with Crippen LogP contribution in [0.1, 0.15) is 48.1 Å². The number of ether oxygens (including phenoxy) is 2. The lowest BCUT2D eigenvalue weighted by Gasteiger charge is -2.32. The molecule has 0 N–H and O–H groups in total. The van der Waals surface area contributed by atoms with Crippen molar-refractivity contribution in [3.05, 3.63) is 94.5 Å². The molecular formula is C27H30O3. The van der Waals surface area contributed by atoms with Crippen LogP contribution < -0.4 is 9.47 Å². The SMILES string of the molecule is COc1ccc(C(C)(CCc2ccccc2)c2ccc(OC(C)=O)c(C)c2)cc1C. The van der Waals surface area contributed by atoms with Gasteiger partial charge in [-0.2, -0.15) is 0 Å². The summed E-state index contributed by atoms with van der Waals surface area (Å²) in [6, 6.07) is 23.1. The molecule has 30 heavy (non-hydrogen) atoms. The van der Waals surface area contributed by atoms with Gasteiger partial charge in [-0.15, -0.1) is 0 Å². The summed E-state index contributed by atoms with van der Waals surface area (Å²) in [5.41, 5.74) is 5.65. The third-order valence-corrected chi connectivity index (χ3v) is 5.85. The second kappa shape index (κ2) is 9.17. The van der Waals surface area contributed by atoms with Gasteiger partial charge in [-0.3, -0.25) is 4.79 Å². The van der Waals surface area contributed by atoms with Gasteiger partial charge in [-0.1, -0.05) is 61.5 Å². The first-order valence-electron chi connectivity index (χ1n) is 10.3. The van der Waals surface area contributed by atoms with Crippen molar-refractivity contribution in [3.8, 4) is 11.5 Å². The molecule has 0 aliphatic rings. The predicted octanol–water partition coefficient (Wildman–Crippen LogP) is 6.18. The third kappa shape index (κ3) is 4.73. The highest BCUT2D eigenvalue weighted by molar-refractivity contribution is 5.70. The Morgan fingerprint density at radius 2 is 1.43 bits per heavy atom. The number of hydrogen-bond acceptors (Lipinski definition) is 3. The summed E-state index contributed by atoms with van der Waals surface area (Å²) in [5.74, 6) is 1.21. The zero-order valence-electron chi connectivity index (χ0n) is 18.5. The van der Waals surface area contributed by atoms with Gasteiger partial charge in [0.25, 0.3) is 0 Å². The Hall–Kier alpha value is -3.07. The monoisotopic (exact) mass is 402 g/mol. The second-order valence-corrected chi connectivity index (χ2v) is 8.08. The van der Waals surface area contributed by atoms with E-state index in [1.807, 2.05) is 25.1 Å². The summed E-state index contributed by atoms with van der Waals surface area (Å²) in [6.07, 6.45) is 1.92. The molecule has 3 heteroatoms. The van der Waals surface area contributed by atoms with Crippen LogP contribution in [0.4, 0.5) is 0 Å². The summed E-state index contributed by atoms with van der Waals surface area (Å²) in [6.45, 7) is 7.78. The quantitative estimate of drug-likeness (QED) is 0.350. The Balaban J connectivity index is 2.03. The molecule has 0 aliphatic heterocycles. The van der Waals surface area contributed by atoms with Crippen molar-refractivity contribution in [1.82, 2.24) is 0 Å². The van der Waals surface area contributed by atoms with E-state index in [1.54, 1.807) is 7.11 Å². The van der Waals surface area contributed by atoms with Crippen LogP contribution >= 0.6 is 0 Å². The van der Waals surface area contributed by atoms with Gasteiger partial charge < -0.3 is 9.47 Å². The van der Waals surface area contributed by atoms with E-state index < -0.39 is 0 Å². The molecule has 0 radical (unpaired) electrons. The Labute approximate surface area is 179 Å². The molecule has 0 fully saturated rings. The Morgan fingerprint density at radius 3 is 1.93 bits per heavy atom. The topological polar surface area (TPSA) is 35.5 Å². The zero-order chi connectivity index (χ0) is 21.7. The van der Waals surface area contributed by atoms with Crippen molar-refractivity contribution in [3.63, 3.8) is 0 Å². The van der Waals surface area contributed by atoms with E-state index in [0.29, 0.717) is 5.75 Å². The number of carbonyl (C=O) groups is 1. The molecule has 0 heterocycles. The van der Waals surface area contributed by atoms with Gasteiger partial charge in [0.05, 0.1) is 7.11 Å². The minimum atomic E-state index is -0.302. The van der Waals surface area contributed by atoms with Crippen molar-refractivity contribution in [1.29, 1.82) is 0 Å². The number of hydrogen-bond donors (Lipinski definition) is 0. The molecule has 0 aromatic heterocycles. The molecule has 0 bridgehead atoms. The van der Waals surface area contributed by atoms with E-state index in [0.717, 1.165) is 29.7 Å². The van der Waals surface area contributed by atoms with Gasteiger partial charge >= 0.3 is 5.97 Å². The van der Waals surface area contributed by atoms with Crippen LogP contribution in [-0.2, 0) is 16.6 Å². The fourth-order valence-corrected chi connectivity index (χ4v) is 3.98. The molecule has 1 unspecified atom stereocenters. The highest BCUT2D eigenvalue weighted by atomic mass is 16.5. The standard InChI is InChI=1S/C27H30O3/c1-19-17-23(11-13-25(19)29-5)27(4,16-15-22-9-7-6-8-10-22)24-12-14-26(20(2)18-24)30-21(3)28/h6-14,17-18H,15-16H2,1-5H3. The van der Waals surface area contributed by atoms with Gasteiger partial charge in [0.1, 0.15) is 11.5 Å². The molecular weight excluding hydrogens is 372 g/mol. The third-order valence-electron chi connectivity index (χ3n) is 5.85. The lowest BCUT2D eigenvalue weighted by molar-refractivity contribution is -0.131. The van der Waals surface area contributed by atoms with Gasteiger partial charge in [0, 0.05) is 12.3 Å². The maximum Gasteiger partial charge on any atom is 0.308 e. The largest absolute Gasteiger partial charge is 0.496 e. The molecule has 0 amide bonds. The molecule has 156 valence electrons. The molecule has 3 rings (SSSR count). The summed E-state index contributed by atoms with van der Waals surface area (Å²) in [5, 5.41) is 0. The average molecular weight is 403 g/mol. The van der Waals surface area contributed by atoms with Crippen LogP contribution in [-0.4, -0.2) is 13.1 Å². The van der Waals surface area contributed by atoms with Crippen LogP contribution in [0, 0.1) is 13.8 Å². The lowest BCUT2D eigenvalue weighted by Crippen LogP contribution is -2.25. The Morgan fingerprint density at radius 1 is 0.867 bits per heavy atom. The van der Waals surface area contributed by atoms with Crippen molar-refractivity contribution in [2.75, 3.05) is 7.11 Å². The predicted molar refractivity (Wildman–Crippen MR) is 121 cm³/mol. The molecule has 0 aliphatic carbocycles. The van der Waals surface area contributed by atoms with E-state index >= 15 is 0 Å². The van der Waals surface area contributed by atoms with Gasteiger partial charge in [0.2, 0.25) is 0 Å². The van der Waals surface area contributed by atoms with Crippen LogP contribution in [0.2, 0.25) is 0 Å². The summed E-state index contributed by atoms with van der Waals surface area (Å²) < 4.78 is 10.8. The number of esters is 1. The molecule has 3 aromatic rings. The first-order valence-corrected chi connectivity index (χ1v) is 10.3. The van der Waals surface area contributed by atoms with Crippen molar-refractivity contribution >= 4 is 5.97 Å². The first kappa shape index (κ1) is 21.6. The molecule has 3 nitrogen and oxygen atoms in total. The zero-order valence-corrected chi connectivity index (χ0v) is 18.5. The minimum absolute atomic E-state index is 0.202. The fraction of sp³-hybridized carbons (Fsp3) is 0.296. The van der Waals surface area contributed by atoms with Crippen LogP contribution in [0.25, 0.3) is 0 Å². The Kier molecular flexibility index (Phi) is 6.61. The second-order valence-electron chi connectivity index (χ2n) is 8.08. The van der Waals surface area contributed by atoms with Gasteiger partial charge in [-0.05, 0) is 66.6 Å². The van der Waals surface area contributed by atoms with E-state index in [2.05, 4.69) is 62.4 Å². The number of methoxy groups -OCH3 is 1. The average Bonchev–Trinajstić information content (AvgIpc) is 2.74. The minimum Gasteiger partial charge on any atom is -0.496 e. The number of rotatable bonds is 7. The summed E-state index contributed by atoms with van der Waals surface area (Å²) in [7, 11) is 1.70. The highest BCUT2D eigenvalue weighted by Crippen LogP contribution is 2.39.